The third-order valence-electron chi connectivity index (χ3n) is 5.38. The number of fused-ring (bicyclic) bond motifs is 1. The molecule has 0 amide bonds. The molecule has 1 unspecified atom stereocenters. The molecule has 35 heavy (non-hydrogen) atoms. The molecule has 0 spiro atoms. The number of aliphatic hydroxyl groups excluding tert-OH is 1. The molecule has 11 heteroatoms. The molecule has 186 valence electrons. The lowest BCUT2D eigenvalue weighted by Crippen LogP contribution is -2.30. The summed E-state index contributed by atoms with van der Waals surface area (Å²) in [5.41, 5.74) is 4.21. The summed E-state index contributed by atoms with van der Waals surface area (Å²) in [5, 5.41) is 22.3. The quantitative estimate of drug-likeness (QED) is 0.278. The van der Waals surface area contributed by atoms with Crippen LogP contribution in [0.3, 0.4) is 0 Å². The number of hydrogen-bond acceptors (Lipinski definition) is 9. The number of aromatic nitrogens is 1. The van der Waals surface area contributed by atoms with Gasteiger partial charge in [-0.2, -0.15) is 0 Å². The van der Waals surface area contributed by atoms with Crippen molar-refractivity contribution < 1.29 is 13.5 Å². The lowest BCUT2D eigenvalue weighted by atomic mass is 10.1. The Balaban J connectivity index is 1.41. The number of aliphatic hydroxyl groups is 1. The van der Waals surface area contributed by atoms with Gasteiger partial charge in [0.05, 0.1) is 34.3 Å². The molecule has 8 nitrogen and oxygen atoms in total. The maximum Gasteiger partial charge on any atom is 0.238 e. The fourth-order valence-electron chi connectivity index (χ4n) is 3.53. The number of hydrogen-bond donors (Lipinski definition) is 4. The van der Waals surface area contributed by atoms with Gasteiger partial charge in [-0.15, -0.1) is 0 Å². The summed E-state index contributed by atoms with van der Waals surface area (Å²) in [5.74, 6) is 0.856. The van der Waals surface area contributed by atoms with Gasteiger partial charge in [0.25, 0.3) is 0 Å². The first-order valence-corrected chi connectivity index (χ1v) is 14.5. The molecule has 5 N–H and O–H groups in total. The minimum atomic E-state index is -3.68. The highest BCUT2D eigenvalue weighted by Gasteiger charge is 2.23. The van der Waals surface area contributed by atoms with Gasteiger partial charge in [0.2, 0.25) is 10.0 Å². The summed E-state index contributed by atoms with van der Waals surface area (Å²) in [6, 6.07) is 16.9. The highest BCUT2D eigenvalue weighted by molar-refractivity contribution is 7.96. The first kappa shape index (κ1) is 25.5. The van der Waals surface area contributed by atoms with Crippen LogP contribution in [0.15, 0.2) is 65.7 Å². The number of nitrogens with one attached hydrogen (secondary N) is 2. The van der Waals surface area contributed by atoms with Gasteiger partial charge in [-0.05, 0) is 48.6 Å². The van der Waals surface area contributed by atoms with Crippen molar-refractivity contribution >= 4 is 44.1 Å². The zero-order valence-electron chi connectivity index (χ0n) is 19.3. The van der Waals surface area contributed by atoms with E-state index in [9.17, 15) is 13.5 Å². The Bertz CT molecular complexity index is 1260. The minimum Gasteiger partial charge on any atom is -0.394 e. The Morgan fingerprint density at radius 2 is 1.91 bits per heavy atom. The summed E-state index contributed by atoms with van der Waals surface area (Å²) in [6.45, 7) is 3.34. The van der Waals surface area contributed by atoms with Crippen LogP contribution in [0.4, 0.5) is 5.13 Å². The van der Waals surface area contributed by atoms with Gasteiger partial charge in [-0.1, -0.05) is 53.8 Å². The fourth-order valence-corrected chi connectivity index (χ4v) is 5.92. The van der Waals surface area contributed by atoms with Crippen LogP contribution in [0.2, 0.25) is 0 Å². The summed E-state index contributed by atoms with van der Waals surface area (Å²) in [6.07, 6.45) is 2.81. The van der Waals surface area contributed by atoms with E-state index in [1.165, 1.54) is 17.7 Å². The van der Waals surface area contributed by atoms with Gasteiger partial charge in [-0.3, -0.25) is 0 Å². The van der Waals surface area contributed by atoms with Crippen LogP contribution in [-0.4, -0.2) is 42.0 Å². The van der Waals surface area contributed by atoms with E-state index in [-0.39, 0.29) is 17.5 Å². The van der Waals surface area contributed by atoms with Crippen molar-refractivity contribution in [3.8, 4) is 0 Å². The van der Waals surface area contributed by atoms with Crippen LogP contribution >= 0.6 is 23.3 Å². The molecule has 2 heterocycles. The zero-order chi connectivity index (χ0) is 24.8. The van der Waals surface area contributed by atoms with E-state index in [0.29, 0.717) is 13.1 Å². The molecule has 3 aromatic rings. The number of rotatable bonds is 11. The zero-order valence-corrected chi connectivity index (χ0v) is 21.8. The average molecular weight is 532 g/mol. The van der Waals surface area contributed by atoms with Gasteiger partial charge < -0.3 is 20.0 Å². The molecule has 1 aliphatic rings. The van der Waals surface area contributed by atoms with Crippen molar-refractivity contribution in [2.45, 2.75) is 36.6 Å². The number of sulfonamides is 1. The van der Waals surface area contributed by atoms with Crippen LogP contribution in [0, 0.1) is 0 Å². The molecule has 0 saturated heterocycles. The number of nitrogens with zero attached hydrogens (tertiary/aromatic N) is 2. The second-order valence-electron chi connectivity index (χ2n) is 8.27. The lowest BCUT2D eigenvalue weighted by Gasteiger charge is -2.26. The molecule has 0 saturated carbocycles. The minimum absolute atomic E-state index is 0.0397. The number of thiazole rings is 1. The molecule has 1 aromatic heterocycles. The van der Waals surface area contributed by atoms with E-state index >= 15 is 0 Å². The van der Waals surface area contributed by atoms with E-state index in [1.54, 1.807) is 35.4 Å². The van der Waals surface area contributed by atoms with Crippen molar-refractivity contribution in [3.63, 3.8) is 0 Å². The topological polar surface area (TPSA) is 121 Å². The third-order valence-corrected chi connectivity index (χ3v) is 8.42. The maximum atomic E-state index is 11.4. The number of primary sulfonamides is 1. The van der Waals surface area contributed by atoms with E-state index < -0.39 is 10.0 Å². The lowest BCUT2D eigenvalue weighted by molar-refractivity contribution is 0.262. The Hall–Kier alpha value is -2.57. The summed E-state index contributed by atoms with van der Waals surface area (Å²) < 4.78 is 25.0. The molecule has 0 fully saturated rings. The van der Waals surface area contributed by atoms with E-state index in [4.69, 9.17) is 10.1 Å². The second-order valence-corrected chi connectivity index (χ2v) is 11.8. The van der Waals surface area contributed by atoms with Crippen LogP contribution in [-0.2, 0) is 28.7 Å². The standard InChI is InChI=1S/C24H29N5O3S3/c1-17(15-30)27-21-13-29(33-16-19-5-3-2-4-6-19)14-22-23(21)34-24(28-22)26-12-11-18-7-9-20(10-8-18)35(25,31)32/h2-10,13,17,27,30H,11-12,14-16H2,1H3,(H,26,28)(H2,25,31,32). The maximum absolute atomic E-state index is 11.4. The number of benzene rings is 2. The van der Waals surface area contributed by atoms with Crippen LogP contribution < -0.4 is 15.8 Å². The van der Waals surface area contributed by atoms with Gasteiger partial charge >= 0.3 is 0 Å². The Kier molecular flexibility index (Phi) is 8.34. The van der Waals surface area contributed by atoms with Crippen molar-refractivity contribution in [2.24, 2.45) is 5.14 Å². The van der Waals surface area contributed by atoms with Gasteiger partial charge in [0.15, 0.2) is 5.13 Å². The molecule has 0 radical (unpaired) electrons. The highest BCUT2D eigenvalue weighted by Crippen LogP contribution is 2.36. The molecule has 0 bridgehead atoms. The van der Waals surface area contributed by atoms with Crippen molar-refractivity contribution in [2.75, 3.05) is 18.5 Å². The van der Waals surface area contributed by atoms with Crippen LogP contribution in [0.25, 0.3) is 5.70 Å². The van der Waals surface area contributed by atoms with Gasteiger partial charge in [-0.25, -0.2) is 18.5 Å². The molecule has 4 rings (SSSR count). The van der Waals surface area contributed by atoms with Crippen molar-refractivity contribution in [1.29, 1.82) is 0 Å². The molecule has 2 aromatic carbocycles. The van der Waals surface area contributed by atoms with Crippen molar-refractivity contribution in [3.05, 3.63) is 82.5 Å². The summed E-state index contributed by atoms with van der Waals surface area (Å²) >= 11 is 3.31. The van der Waals surface area contributed by atoms with Crippen LogP contribution in [0.1, 0.15) is 28.6 Å². The molecular weight excluding hydrogens is 502 g/mol. The smallest absolute Gasteiger partial charge is 0.238 e. The predicted octanol–water partition coefficient (Wildman–Crippen LogP) is 3.38. The fraction of sp³-hybridized carbons (Fsp3) is 0.292. The van der Waals surface area contributed by atoms with E-state index in [2.05, 4.69) is 33.3 Å². The molecule has 0 aliphatic carbocycles. The van der Waals surface area contributed by atoms with Crippen molar-refractivity contribution in [1.82, 2.24) is 14.6 Å². The van der Waals surface area contributed by atoms with Gasteiger partial charge in [0.1, 0.15) is 0 Å². The first-order chi connectivity index (χ1) is 16.8. The van der Waals surface area contributed by atoms with E-state index in [0.717, 1.165) is 39.1 Å². The highest BCUT2D eigenvalue weighted by atomic mass is 32.2. The third kappa shape index (κ3) is 6.98. The predicted molar refractivity (Wildman–Crippen MR) is 143 cm³/mol. The molecule has 1 atom stereocenters. The Morgan fingerprint density at radius 3 is 2.60 bits per heavy atom. The Morgan fingerprint density at radius 1 is 1.17 bits per heavy atom. The Labute approximate surface area is 214 Å². The average Bonchev–Trinajstić information content (AvgIpc) is 3.26. The SMILES string of the molecule is CC(CO)NC1=CN(SCc2ccccc2)Cc2nc(NCCc3ccc(S(N)(=O)=O)cc3)sc21. The normalized spacial score (nSPS) is 14.3. The van der Waals surface area contributed by atoms with E-state index in [1.807, 2.05) is 25.1 Å². The molecular formula is C24H29N5O3S3. The number of anilines is 1. The summed E-state index contributed by atoms with van der Waals surface area (Å²) in [4.78, 5) is 6.01. The summed E-state index contributed by atoms with van der Waals surface area (Å²) in [7, 11) is -3.68. The van der Waals surface area contributed by atoms with Gasteiger partial charge in [0, 0.05) is 24.5 Å². The second kappa shape index (κ2) is 11.4. The first-order valence-electron chi connectivity index (χ1n) is 11.2. The number of nitrogens with two attached hydrogens (primary N) is 1. The van der Waals surface area contributed by atoms with Crippen LogP contribution in [0.5, 0.6) is 0 Å². The monoisotopic (exact) mass is 531 g/mol. The molecule has 1 aliphatic heterocycles. The largest absolute Gasteiger partial charge is 0.394 e.